The van der Waals surface area contributed by atoms with Crippen molar-refractivity contribution in [3.05, 3.63) is 331 Å². The van der Waals surface area contributed by atoms with Crippen LogP contribution < -0.4 is 9.06 Å². The van der Waals surface area contributed by atoms with E-state index in [1.807, 2.05) is 11.3 Å². The smallest absolute Gasteiger partial charge is 0.0361 e. The maximum absolute atomic E-state index is 2.59. The van der Waals surface area contributed by atoms with Crippen LogP contribution >= 0.6 is 11.3 Å². The summed E-state index contributed by atoms with van der Waals surface area (Å²) in [7, 11) is 0. The third kappa shape index (κ3) is 11.7. The zero-order valence-corrected chi connectivity index (χ0v) is 67.6. The summed E-state index contributed by atoms with van der Waals surface area (Å²) in [5.74, 6) is 0. The topological polar surface area (TPSA) is 0 Å². The molecule has 1 heteroatoms. The zero-order chi connectivity index (χ0) is 75.3. The number of benzene rings is 12. The van der Waals surface area contributed by atoms with Gasteiger partial charge in [-0.05, 0) is 264 Å². The van der Waals surface area contributed by atoms with Crippen molar-refractivity contribution < 1.29 is 0 Å². The highest BCUT2D eigenvalue weighted by Gasteiger charge is 2.43. The molecular formula is C110H106S. The minimum atomic E-state index is -0.0661. The summed E-state index contributed by atoms with van der Waals surface area (Å²) >= 11 is 1.99. The molecule has 0 saturated carbocycles. The van der Waals surface area contributed by atoms with Crippen LogP contribution in [0.4, 0.5) is 0 Å². The second kappa shape index (κ2) is 28.7. The number of hydrogen-bond acceptors (Lipinski definition) is 1. The van der Waals surface area contributed by atoms with E-state index in [1.54, 1.807) is 0 Å². The van der Waals surface area contributed by atoms with Gasteiger partial charge in [-0.25, -0.2) is 0 Å². The molecule has 552 valence electrons. The standard InChI is InChI=1S/C110H106S/c1-9-13-16-19-21-32-61-109(7)97-40-29-25-36-85(97)89-56-48-77(69-101(89)109)73-44-51-80-79-50-42-71(75-46-54-87-83-34-23-27-38-95(83)107(5,12-4)99(87)67-75)63-91(79)105(92(80)65-73)103-58-59-104(111-103)106-93-64-72(76-47-55-88-84-35-24-28-39-96(84)108(6,100(88)68-76)60-31-18-15-11-3)43-52-81(93)82-53-45-74(66-94(82)106)78-49-57-90-86-37-26-30-41-98(86)110(8,102(90)70-78)62-33-22-20-17-14-10-2/h23-30,34-59,63-70H,9-22,31-33,60-62H2,1-8H3. The molecular weight excluding hydrogens is 1350 g/mol. The first-order chi connectivity index (χ1) is 54.3. The van der Waals surface area contributed by atoms with Crippen molar-refractivity contribution in [3.63, 3.8) is 0 Å². The molecule has 0 radical (unpaired) electrons. The van der Waals surface area contributed by atoms with Gasteiger partial charge in [-0.15, -0.1) is 11.3 Å². The Morgan fingerprint density at radius 3 is 0.712 bits per heavy atom. The first-order valence-corrected chi connectivity index (χ1v) is 43.6. The van der Waals surface area contributed by atoms with Crippen LogP contribution in [0.3, 0.4) is 0 Å². The highest BCUT2D eigenvalue weighted by atomic mass is 32.1. The van der Waals surface area contributed by atoms with Crippen molar-refractivity contribution in [2.75, 3.05) is 0 Å². The second-order valence-corrected chi connectivity index (χ2v) is 35.8. The summed E-state index contributed by atoms with van der Waals surface area (Å²) < 4.78 is 2.60. The summed E-state index contributed by atoms with van der Waals surface area (Å²) in [5.41, 5.74) is 46.1. The number of hydrogen-bond donors (Lipinski definition) is 0. The Morgan fingerprint density at radius 2 is 0.423 bits per heavy atom. The average Bonchev–Trinajstić information content (AvgIpc) is 1.57. The molecule has 6 aliphatic rings. The third-order valence-corrected chi connectivity index (χ3v) is 29.3. The number of rotatable bonds is 24. The first-order valence-electron chi connectivity index (χ1n) is 42.8. The van der Waals surface area contributed by atoms with Crippen molar-refractivity contribution >= 4 is 22.5 Å². The van der Waals surface area contributed by atoms with E-state index in [-0.39, 0.29) is 21.7 Å². The maximum Gasteiger partial charge on any atom is 0.0361 e. The van der Waals surface area contributed by atoms with Gasteiger partial charge < -0.3 is 0 Å². The summed E-state index contributed by atoms with van der Waals surface area (Å²) in [5, 5.41) is 0. The number of thiophene rings is 1. The van der Waals surface area contributed by atoms with Gasteiger partial charge in [-0.2, -0.15) is 0 Å². The molecule has 0 amide bonds. The molecule has 1 aromatic heterocycles. The Balaban J connectivity index is 0.787. The van der Waals surface area contributed by atoms with Crippen LogP contribution in [0.2, 0.25) is 0 Å². The minimum Gasteiger partial charge on any atom is -0.135 e. The van der Waals surface area contributed by atoms with Crippen LogP contribution in [-0.2, 0) is 21.7 Å². The largest absolute Gasteiger partial charge is 0.135 e. The Kier molecular flexibility index (Phi) is 18.4. The van der Waals surface area contributed by atoms with Crippen LogP contribution in [0.25, 0.3) is 122 Å². The van der Waals surface area contributed by atoms with Gasteiger partial charge in [-0.1, -0.05) is 352 Å². The van der Waals surface area contributed by atoms with Gasteiger partial charge in [0, 0.05) is 41.9 Å². The van der Waals surface area contributed by atoms with Gasteiger partial charge in [0.25, 0.3) is 0 Å². The van der Waals surface area contributed by atoms with Crippen LogP contribution in [0.15, 0.2) is 255 Å². The van der Waals surface area contributed by atoms with E-state index in [4.69, 9.17) is 0 Å². The molecule has 13 aromatic rings. The van der Waals surface area contributed by atoms with Crippen molar-refractivity contribution in [1.29, 1.82) is 0 Å². The van der Waals surface area contributed by atoms with Crippen LogP contribution in [0, 0.1) is 0 Å². The lowest BCUT2D eigenvalue weighted by molar-refractivity contribution is 0.481. The van der Waals surface area contributed by atoms with Gasteiger partial charge in [0.15, 0.2) is 0 Å². The second-order valence-electron chi connectivity index (χ2n) is 34.7. The molecule has 0 fully saturated rings. The third-order valence-electron chi connectivity index (χ3n) is 28.2. The fourth-order valence-corrected chi connectivity index (χ4v) is 22.9. The van der Waals surface area contributed by atoms with E-state index >= 15 is 0 Å². The summed E-state index contributed by atoms with van der Waals surface area (Å²) in [4.78, 5) is 0. The molecule has 1 heterocycles. The van der Waals surface area contributed by atoms with Gasteiger partial charge in [0.1, 0.15) is 0 Å². The average molecular weight is 1460 g/mol. The zero-order valence-electron chi connectivity index (χ0n) is 66.8. The van der Waals surface area contributed by atoms with Gasteiger partial charge in [0.2, 0.25) is 0 Å². The molecule has 0 saturated heterocycles. The Morgan fingerprint density at radius 1 is 0.198 bits per heavy atom. The summed E-state index contributed by atoms with van der Waals surface area (Å²) in [6.07, 6.45) is 25.1. The fraction of sp³-hybridized carbons (Fsp3) is 0.291. The monoisotopic (exact) mass is 1460 g/mol. The van der Waals surface area contributed by atoms with Crippen LogP contribution in [0.5, 0.6) is 0 Å². The molecule has 19 rings (SSSR count). The van der Waals surface area contributed by atoms with E-state index in [2.05, 4.69) is 310 Å². The van der Waals surface area contributed by atoms with Crippen LogP contribution in [0.1, 0.15) is 251 Å². The molecule has 0 bridgehead atoms. The summed E-state index contributed by atoms with van der Waals surface area (Å²) in [6, 6.07) is 102. The minimum absolute atomic E-state index is 0.0569. The molecule has 0 nitrogen and oxygen atoms in total. The number of unbranched alkanes of at least 4 members (excludes halogenated alkanes) is 13. The SMILES string of the molecule is CCCCCCCCC1(C)c2ccccc2-c2ccc(-c3ccc4c(c3)C(=c3ccc(=C5c6cc(-c7ccc8c(c7)C(C)(CCCCCC)c7ccccc7-8)ccc6-c6ccc(-c7ccc8c(c7)C(C)(CCCCCCCC)c7ccccc7-8)cc65)s3)c3cc(-c5ccc6c(c5)C(C)(CC)c5ccccc5-6)ccc3-4)cc21. The molecule has 12 aromatic carbocycles. The van der Waals surface area contributed by atoms with Crippen molar-refractivity contribution in [1.82, 2.24) is 0 Å². The molecule has 4 unspecified atom stereocenters. The molecule has 0 spiro atoms. The highest BCUT2D eigenvalue weighted by molar-refractivity contribution is 7.08. The summed E-state index contributed by atoms with van der Waals surface area (Å²) in [6.45, 7) is 19.4. The lowest BCUT2D eigenvalue weighted by Crippen LogP contribution is -2.20. The Bertz CT molecular complexity index is 5990. The van der Waals surface area contributed by atoms with Crippen molar-refractivity contribution in [2.24, 2.45) is 0 Å². The van der Waals surface area contributed by atoms with E-state index < -0.39 is 0 Å². The van der Waals surface area contributed by atoms with Gasteiger partial charge >= 0.3 is 0 Å². The van der Waals surface area contributed by atoms with Crippen molar-refractivity contribution in [3.8, 4) is 111 Å². The van der Waals surface area contributed by atoms with Crippen molar-refractivity contribution in [2.45, 2.75) is 205 Å². The van der Waals surface area contributed by atoms with E-state index in [1.165, 1.54) is 301 Å². The highest BCUT2D eigenvalue weighted by Crippen LogP contribution is 2.58. The van der Waals surface area contributed by atoms with E-state index in [0.717, 1.165) is 25.7 Å². The quantitative estimate of drug-likeness (QED) is 0.0529. The Labute approximate surface area is 665 Å². The number of fused-ring (bicyclic) bond motifs is 18. The van der Waals surface area contributed by atoms with Gasteiger partial charge in [-0.3, -0.25) is 0 Å². The molecule has 4 atom stereocenters. The van der Waals surface area contributed by atoms with E-state index in [9.17, 15) is 0 Å². The predicted octanol–water partition coefficient (Wildman–Crippen LogP) is 29.9. The van der Waals surface area contributed by atoms with Crippen LogP contribution in [-0.4, -0.2) is 0 Å². The van der Waals surface area contributed by atoms with E-state index in [0.29, 0.717) is 0 Å². The Hall–Kier alpha value is -9.92. The lowest BCUT2D eigenvalue weighted by atomic mass is 9.75. The molecule has 6 aliphatic carbocycles. The predicted molar refractivity (Wildman–Crippen MR) is 475 cm³/mol. The maximum atomic E-state index is 2.59. The normalized spacial score (nSPS) is 19.5. The first kappa shape index (κ1) is 71.4. The lowest BCUT2D eigenvalue weighted by Gasteiger charge is -2.28. The molecule has 0 aliphatic heterocycles. The van der Waals surface area contributed by atoms with Gasteiger partial charge in [0.05, 0.1) is 0 Å². The molecule has 111 heavy (non-hydrogen) atoms. The molecule has 0 N–H and O–H groups in total. The fourth-order valence-electron chi connectivity index (χ4n) is 21.7.